The second-order valence-electron chi connectivity index (χ2n) is 6.83. The van der Waals surface area contributed by atoms with Crippen molar-refractivity contribution in [2.24, 2.45) is 0 Å². The second-order valence-corrected chi connectivity index (χ2v) is 6.83. The quantitative estimate of drug-likeness (QED) is 0.860. The van der Waals surface area contributed by atoms with Crippen LogP contribution in [0.4, 0.5) is 8.78 Å². The lowest BCUT2D eigenvalue weighted by molar-refractivity contribution is -0.131. The molecule has 0 atom stereocenters. The van der Waals surface area contributed by atoms with Crippen LogP contribution in [0.25, 0.3) is 0 Å². The van der Waals surface area contributed by atoms with Crippen molar-refractivity contribution < 1.29 is 13.6 Å². The number of carbonyl (C=O) groups is 1. The summed E-state index contributed by atoms with van der Waals surface area (Å²) < 4.78 is 29.7. The summed E-state index contributed by atoms with van der Waals surface area (Å²) in [6, 6.07) is 3.67. The first-order valence-corrected chi connectivity index (χ1v) is 8.97. The van der Waals surface area contributed by atoms with E-state index in [1.165, 1.54) is 18.2 Å². The van der Waals surface area contributed by atoms with Crippen molar-refractivity contribution >= 4 is 18.3 Å². The van der Waals surface area contributed by atoms with E-state index in [2.05, 4.69) is 20.1 Å². The topological polar surface area (TPSA) is 63.1 Å². The molecule has 2 aliphatic rings. The number of hydrogen-bond donors (Lipinski definition) is 1. The van der Waals surface area contributed by atoms with Crippen LogP contribution in [-0.4, -0.2) is 45.2 Å². The van der Waals surface area contributed by atoms with Crippen molar-refractivity contribution in [3.8, 4) is 0 Å². The maximum atomic E-state index is 13.8. The fraction of sp³-hybridized carbons (Fsp3) is 0.500. The largest absolute Gasteiger partial charge is 0.342 e. The van der Waals surface area contributed by atoms with Crippen molar-refractivity contribution in [3.63, 3.8) is 0 Å². The highest BCUT2D eigenvalue weighted by Gasteiger charge is 2.29. The van der Waals surface area contributed by atoms with Crippen LogP contribution in [0.15, 0.2) is 18.2 Å². The van der Waals surface area contributed by atoms with Crippen molar-refractivity contribution in [2.45, 2.75) is 38.3 Å². The molecule has 0 aliphatic carbocycles. The Morgan fingerprint density at radius 3 is 2.56 bits per heavy atom. The predicted molar refractivity (Wildman–Crippen MR) is 97.6 cm³/mol. The van der Waals surface area contributed by atoms with Crippen LogP contribution in [0.5, 0.6) is 0 Å². The van der Waals surface area contributed by atoms with Gasteiger partial charge in [0.15, 0.2) is 0 Å². The summed E-state index contributed by atoms with van der Waals surface area (Å²) in [5.41, 5.74) is -0.154. The third kappa shape index (κ3) is 3.96. The summed E-state index contributed by atoms with van der Waals surface area (Å²) in [6.45, 7) is 3.64. The van der Waals surface area contributed by atoms with E-state index in [1.807, 2.05) is 0 Å². The molecule has 9 heteroatoms. The maximum Gasteiger partial charge on any atom is 0.227 e. The first-order chi connectivity index (χ1) is 12.6. The molecule has 6 nitrogen and oxygen atoms in total. The van der Waals surface area contributed by atoms with Crippen molar-refractivity contribution in [2.75, 3.05) is 19.6 Å². The minimum atomic E-state index is -0.670. The molecule has 1 N–H and O–H groups in total. The minimum Gasteiger partial charge on any atom is -0.342 e. The Morgan fingerprint density at radius 2 is 1.85 bits per heavy atom. The molecule has 1 aromatic carbocycles. The van der Waals surface area contributed by atoms with Crippen molar-refractivity contribution in [1.82, 2.24) is 25.0 Å². The Bertz CT molecular complexity index is 800. The molecule has 2 aromatic rings. The minimum absolute atomic E-state index is 0. The van der Waals surface area contributed by atoms with E-state index in [4.69, 9.17) is 0 Å². The van der Waals surface area contributed by atoms with E-state index in [9.17, 15) is 13.6 Å². The Hall–Kier alpha value is -2.06. The van der Waals surface area contributed by atoms with Gasteiger partial charge < -0.3 is 14.8 Å². The smallest absolute Gasteiger partial charge is 0.227 e. The highest BCUT2D eigenvalue weighted by atomic mass is 35.5. The van der Waals surface area contributed by atoms with Gasteiger partial charge in [0.1, 0.15) is 23.3 Å². The van der Waals surface area contributed by atoms with E-state index in [0.29, 0.717) is 13.1 Å². The van der Waals surface area contributed by atoms with E-state index in [-0.39, 0.29) is 36.2 Å². The van der Waals surface area contributed by atoms with Gasteiger partial charge in [-0.1, -0.05) is 6.07 Å². The first-order valence-electron chi connectivity index (χ1n) is 8.97. The molecule has 27 heavy (non-hydrogen) atoms. The molecule has 1 fully saturated rings. The van der Waals surface area contributed by atoms with Gasteiger partial charge in [-0.3, -0.25) is 4.79 Å². The predicted octanol–water partition coefficient (Wildman–Crippen LogP) is 2.03. The van der Waals surface area contributed by atoms with Gasteiger partial charge >= 0.3 is 0 Å². The van der Waals surface area contributed by atoms with E-state index in [0.717, 1.165) is 44.1 Å². The average Bonchev–Trinajstić information content (AvgIpc) is 3.09. The van der Waals surface area contributed by atoms with E-state index < -0.39 is 11.6 Å². The molecule has 1 amide bonds. The molecule has 1 saturated heterocycles. The number of benzene rings is 1. The van der Waals surface area contributed by atoms with Crippen LogP contribution in [0.3, 0.4) is 0 Å². The Morgan fingerprint density at radius 1 is 1.15 bits per heavy atom. The van der Waals surface area contributed by atoms with Crippen molar-refractivity contribution in [1.29, 1.82) is 0 Å². The van der Waals surface area contributed by atoms with Crippen LogP contribution >= 0.6 is 12.4 Å². The lowest BCUT2D eigenvalue weighted by Crippen LogP contribution is -2.39. The number of amides is 1. The number of nitrogens with zero attached hydrogens (tertiary/aromatic N) is 4. The fourth-order valence-corrected chi connectivity index (χ4v) is 3.77. The van der Waals surface area contributed by atoms with Gasteiger partial charge in [0.2, 0.25) is 5.91 Å². The summed E-state index contributed by atoms with van der Waals surface area (Å²) in [4.78, 5) is 14.1. The van der Waals surface area contributed by atoms with Crippen LogP contribution < -0.4 is 5.32 Å². The molecule has 0 unspecified atom stereocenters. The van der Waals surface area contributed by atoms with Crippen LogP contribution in [-0.2, 0) is 24.3 Å². The maximum absolute atomic E-state index is 13.8. The highest BCUT2D eigenvalue weighted by molar-refractivity contribution is 5.85. The molecule has 1 aromatic heterocycles. The molecular weight excluding hydrogens is 376 g/mol. The van der Waals surface area contributed by atoms with Gasteiger partial charge in [-0.15, -0.1) is 22.6 Å². The molecule has 0 bridgehead atoms. The lowest BCUT2D eigenvalue weighted by atomic mass is 9.95. The van der Waals surface area contributed by atoms with Crippen LogP contribution in [0.2, 0.25) is 0 Å². The van der Waals surface area contributed by atoms with Crippen LogP contribution in [0, 0.1) is 11.6 Å². The highest BCUT2D eigenvalue weighted by Crippen LogP contribution is 2.28. The zero-order valence-corrected chi connectivity index (χ0v) is 15.6. The first kappa shape index (κ1) is 19.7. The standard InChI is InChI=1S/C18H21F2N5O.ClH/c19-14-2-1-3-15(20)13(14)10-17(26)24-7-4-12(5-8-24)18-23-22-16-11-21-6-9-25(16)18;/h1-3,12,21H,4-11H2;1H. The van der Waals surface area contributed by atoms with Gasteiger partial charge in [-0.05, 0) is 25.0 Å². The molecular formula is C18H22ClF2N5O. The third-order valence-corrected chi connectivity index (χ3v) is 5.25. The number of rotatable bonds is 3. The SMILES string of the molecule is Cl.O=C(Cc1c(F)cccc1F)N1CCC(c2nnc3n2CCNC3)CC1. The van der Waals surface area contributed by atoms with Gasteiger partial charge in [-0.25, -0.2) is 8.78 Å². The number of carbonyl (C=O) groups excluding carboxylic acids is 1. The van der Waals surface area contributed by atoms with Crippen LogP contribution in [0.1, 0.15) is 36.0 Å². The molecule has 146 valence electrons. The van der Waals surface area contributed by atoms with Gasteiger partial charge in [-0.2, -0.15) is 0 Å². The number of hydrogen-bond acceptors (Lipinski definition) is 4. The molecule has 3 heterocycles. The summed E-state index contributed by atoms with van der Waals surface area (Å²) >= 11 is 0. The number of aromatic nitrogens is 3. The third-order valence-electron chi connectivity index (χ3n) is 5.25. The Kier molecular flexibility index (Phi) is 6.06. The van der Waals surface area contributed by atoms with Gasteiger partial charge in [0, 0.05) is 37.7 Å². The number of piperidine rings is 1. The van der Waals surface area contributed by atoms with Crippen molar-refractivity contribution in [3.05, 3.63) is 47.0 Å². The Labute approximate surface area is 162 Å². The monoisotopic (exact) mass is 397 g/mol. The summed E-state index contributed by atoms with van der Waals surface area (Å²) in [5.74, 6) is 0.644. The second kappa shape index (κ2) is 8.31. The molecule has 2 aliphatic heterocycles. The molecule has 0 spiro atoms. The zero-order valence-electron chi connectivity index (χ0n) is 14.8. The van der Waals surface area contributed by atoms with Gasteiger partial charge in [0.25, 0.3) is 0 Å². The normalized spacial score (nSPS) is 17.3. The molecule has 4 rings (SSSR count). The fourth-order valence-electron chi connectivity index (χ4n) is 3.77. The number of nitrogens with one attached hydrogen (secondary N) is 1. The number of likely N-dealkylation sites (tertiary alicyclic amines) is 1. The lowest BCUT2D eigenvalue weighted by Gasteiger charge is -2.32. The van der Waals surface area contributed by atoms with E-state index >= 15 is 0 Å². The average molecular weight is 398 g/mol. The van der Waals surface area contributed by atoms with E-state index in [1.54, 1.807) is 4.90 Å². The summed E-state index contributed by atoms with van der Waals surface area (Å²) in [7, 11) is 0. The number of fused-ring (bicyclic) bond motifs is 1. The summed E-state index contributed by atoms with van der Waals surface area (Å²) in [6.07, 6.45) is 1.34. The molecule has 0 saturated carbocycles. The summed E-state index contributed by atoms with van der Waals surface area (Å²) in [5, 5.41) is 11.9. The van der Waals surface area contributed by atoms with Gasteiger partial charge in [0.05, 0.1) is 13.0 Å². The molecule has 0 radical (unpaired) electrons. The number of halogens is 3. The zero-order chi connectivity index (χ0) is 18.1. The Balaban J connectivity index is 0.00000210.